The molecule has 1 aliphatic rings. The van der Waals surface area contributed by atoms with Crippen molar-refractivity contribution in [1.82, 2.24) is 14.5 Å². The molecule has 0 radical (unpaired) electrons. The van der Waals surface area contributed by atoms with Gasteiger partial charge in [-0.05, 0) is 54.1 Å². The Morgan fingerprint density at radius 2 is 1.77 bits per heavy atom. The highest BCUT2D eigenvalue weighted by Crippen LogP contribution is 2.40. The molecule has 5 aromatic rings. The van der Waals surface area contributed by atoms with Gasteiger partial charge >= 0.3 is 5.97 Å². The van der Waals surface area contributed by atoms with E-state index in [4.69, 9.17) is 26.1 Å². The van der Waals surface area contributed by atoms with Crippen molar-refractivity contribution in [2.75, 3.05) is 13.2 Å². The third kappa shape index (κ3) is 5.75. The fourth-order valence-corrected chi connectivity index (χ4v) is 5.58. The number of nitrogens with zero attached hydrogens (tertiary/aromatic N) is 3. The lowest BCUT2D eigenvalue weighted by atomic mass is 9.87. The van der Waals surface area contributed by atoms with Crippen LogP contribution in [0.25, 0.3) is 22.3 Å². The van der Waals surface area contributed by atoms with E-state index in [1.54, 1.807) is 24.3 Å². The zero-order chi connectivity index (χ0) is 31.2. The van der Waals surface area contributed by atoms with Gasteiger partial charge in [-0.2, -0.15) is 0 Å². The van der Waals surface area contributed by atoms with Crippen molar-refractivity contribution in [3.05, 3.63) is 112 Å². The number of hydrogen-bond acceptors (Lipinski definition) is 5. The van der Waals surface area contributed by atoms with Crippen molar-refractivity contribution in [1.29, 1.82) is 0 Å². The van der Waals surface area contributed by atoms with Gasteiger partial charge in [-0.15, -0.1) is 0 Å². The summed E-state index contributed by atoms with van der Waals surface area (Å²) in [6.07, 6.45) is 0.133. The maximum Gasteiger partial charge on any atom is 0.335 e. The van der Waals surface area contributed by atoms with E-state index in [1.807, 2.05) is 4.57 Å². The molecule has 7 nitrogen and oxygen atoms in total. The van der Waals surface area contributed by atoms with Crippen LogP contribution in [-0.4, -0.2) is 38.8 Å². The van der Waals surface area contributed by atoms with E-state index in [0.29, 0.717) is 41.2 Å². The lowest BCUT2D eigenvalue weighted by molar-refractivity contribution is 0.0697. The highest BCUT2D eigenvalue weighted by atomic mass is 35.5. The van der Waals surface area contributed by atoms with Crippen molar-refractivity contribution in [3.63, 3.8) is 0 Å². The molecule has 1 aliphatic heterocycles. The number of carbonyl (C=O) groups is 1. The van der Waals surface area contributed by atoms with Crippen molar-refractivity contribution >= 4 is 28.6 Å². The number of carboxylic acids is 1. The van der Waals surface area contributed by atoms with Gasteiger partial charge in [0.15, 0.2) is 5.82 Å². The molecule has 11 heteroatoms. The Morgan fingerprint density at radius 3 is 2.48 bits per heavy atom. The van der Waals surface area contributed by atoms with Crippen molar-refractivity contribution < 1.29 is 32.5 Å². The fourth-order valence-electron chi connectivity index (χ4n) is 5.42. The Hall–Kier alpha value is -4.41. The molecule has 1 fully saturated rings. The van der Waals surface area contributed by atoms with Crippen molar-refractivity contribution in [3.8, 4) is 17.1 Å². The van der Waals surface area contributed by atoms with Gasteiger partial charge in [0.25, 0.3) is 5.88 Å². The smallest absolute Gasteiger partial charge is 0.335 e. The fraction of sp³-hybridized carbons (Fsp3) is 0.242. The molecule has 0 saturated carbocycles. The minimum atomic E-state index is -1.05. The second-order valence-corrected chi connectivity index (χ2v) is 11.9. The summed E-state index contributed by atoms with van der Waals surface area (Å²) in [6, 6.07) is 15.8. The molecular weight excluding hydrogens is 595 g/mol. The van der Waals surface area contributed by atoms with Gasteiger partial charge in [0.05, 0.1) is 41.5 Å². The molecule has 2 aromatic heterocycles. The van der Waals surface area contributed by atoms with Crippen LogP contribution in [0, 0.1) is 22.9 Å². The average molecular weight is 622 g/mol. The highest BCUT2D eigenvalue weighted by molar-refractivity contribution is 6.30. The summed E-state index contributed by atoms with van der Waals surface area (Å²) >= 11 is 5.79. The minimum absolute atomic E-state index is 0.130. The SMILES string of the molecule is CC1(C)COCC1n1c(Cc2ccc(-c3ccc(F)c(OCc4ccc(Cl)cc4F)n3)cc2F)nc2ccc(C(=O)O)cc21. The topological polar surface area (TPSA) is 86.5 Å². The molecule has 0 bridgehead atoms. The summed E-state index contributed by atoms with van der Waals surface area (Å²) in [6.45, 7) is 4.78. The normalized spacial score (nSPS) is 16.0. The molecule has 1 atom stereocenters. The van der Waals surface area contributed by atoms with E-state index in [1.165, 1.54) is 30.3 Å². The first kappa shape index (κ1) is 29.7. The average Bonchev–Trinajstić information content (AvgIpc) is 3.51. The maximum absolute atomic E-state index is 15.6. The number of carboxylic acid groups (broad SMARTS) is 1. The third-order valence-electron chi connectivity index (χ3n) is 7.86. The van der Waals surface area contributed by atoms with Crippen molar-refractivity contribution in [2.45, 2.75) is 32.9 Å². The molecule has 226 valence electrons. The molecule has 0 amide bonds. The quantitative estimate of drug-likeness (QED) is 0.192. The van der Waals surface area contributed by atoms with E-state index in [2.05, 4.69) is 18.8 Å². The van der Waals surface area contributed by atoms with Crippen LogP contribution >= 0.6 is 11.6 Å². The molecule has 1 unspecified atom stereocenters. The van der Waals surface area contributed by atoms with Crippen LogP contribution in [0.3, 0.4) is 0 Å². The number of pyridine rings is 1. The third-order valence-corrected chi connectivity index (χ3v) is 8.10. The number of halogens is 4. The molecule has 1 saturated heterocycles. The first-order valence-electron chi connectivity index (χ1n) is 13.8. The molecule has 0 spiro atoms. The summed E-state index contributed by atoms with van der Waals surface area (Å²) < 4.78 is 57.4. The lowest BCUT2D eigenvalue weighted by Gasteiger charge is -2.28. The monoisotopic (exact) mass is 621 g/mol. The molecule has 3 aromatic carbocycles. The van der Waals surface area contributed by atoms with Gasteiger partial charge in [0, 0.05) is 28.0 Å². The van der Waals surface area contributed by atoms with Crippen LogP contribution in [-0.2, 0) is 17.8 Å². The van der Waals surface area contributed by atoms with E-state index in [9.17, 15) is 18.7 Å². The largest absolute Gasteiger partial charge is 0.478 e. The molecule has 3 heterocycles. The summed E-state index contributed by atoms with van der Waals surface area (Å²) in [5.41, 5.74) is 2.29. The Bertz CT molecular complexity index is 1910. The van der Waals surface area contributed by atoms with Gasteiger partial charge in [0.2, 0.25) is 0 Å². The summed E-state index contributed by atoms with van der Waals surface area (Å²) in [7, 11) is 0. The standard InChI is InChI=1S/C33H27ClF3N3O4/c1-33(2)17-43-16-29(33)40-28-12-20(32(41)42)6-9-27(28)38-30(40)13-18-3-4-19(11-24(18)36)26-10-8-23(35)31(39-26)44-15-21-5-7-22(34)14-25(21)37/h3-12,14,29H,13,15-17H2,1-2H3,(H,41,42). The molecular formula is C33H27ClF3N3O4. The molecule has 6 rings (SSSR count). The lowest BCUT2D eigenvalue weighted by Crippen LogP contribution is -2.27. The summed E-state index contributed by atoms with van der Waals surface area (Å²) in [4.78, 5) is 20.7. The van der Waals surface area contributed by atoms with Gasteiger partial charge in [-0.25, -0.2) is 27.9 Å². The Morgan fingerprint density at radius 1 is 1.00 bits per heavy atom. The van der Waals surface area contributed by atoms with Gasteiger partial charge in [-0.1, -0.05) is 43.6 Å². The first-order chi connectivity index (χ1) is 21.0. The number of benzene rings is 3. The predicted molar refractivity (Wildman–Crippen MR) is 158 cm³/mol. The van der Waals surface area contributed by atoms with Crippen LogP contribution in [0.15, 0.2) is 66.7 Å². The number of rotatable bonds is 8. The zero-order valence-corrected chi connectivity index (χ0v) is 24.5. The van der Waals surface area contributed by atoms with E-state index in [-0.39, 0.29) is 52.2 Å². The number of aromatic nitrogens is 3. The zero-order valence-electron chi connectivity index (χ0n) is 23.8. The number of aromatic carboxylic acids is 1. The number of hydrogen-bond donors (Lipinski definition) is 1. The van der Waals surface area contributed by atoms with Gasteiger partial charge in [-0.3, -0.25) is 0 Å². The summed E-state index contributed by atoms with van der Waals surface area (Å²) in [5.74, 6) is -2.69. The predicted octanol–water partition coefficient (Wildman–Crippen LogP) is 7.63. The highest BCUT2D eigenvalue weighted by Gasteiger charge is 2.39. The number of ether oxygens (including phenoxy) is 2. The van der Waals surface area contributed by atoms with Crippen LogP contribution in [0.5, 0.6) is 5.88 Å². The maximum atomic E-state index is 15.6. The second-order valence-electron chi connectivity index (χ2n) is 11.4. The van der Waals surface area contributed by atoms with Crippen molar-refractivity contribution in [2.24, 2.45) is 5.41 Å². The van der Waals surface area contributed by atoms with E-state index >= 15 is 4.39 Å². The molecule has 44 heavy (non-hydrogen) atoms. The van der Waals surface area contributed by atoms with Gasteiger partial charge in [0.1, 0.15) is 24.1 Å². The Balaban J connectivity index is 1.30. The molecule has 0 aliphatic carbocycles. The van der Waals surface area contributed by atoms with E-state index in [0.717, 1.165) is 12.1 Å². The first-order valence-corrected chi connectivity index (χ1v) is 14.2. The molecule has 1 N–H and O–H groups in total. The van der Waals surface area contributed by atoms with Crippen LogP contribution < -0.4 is 4.74 Å². The van der Waals surface area contributed by atoms with Gasteiger partial charge < -0.3 is 19.1 Å². The Kier molecular flexibility index (Phi) is 7.81. The number of imidazole rings is 1. The van der Waals surface area contributed by atoms with E-state index < -0.39 is 23.4 Å². The van der Waals surface area contributed by atoms with Crippen LogP contribution in [0.4, 0.5) is 13.2 Å². The minimum Gasteiger partial charge on any atom is -0.478 e. The summed E-state index contributed by atoms with van der Waals surface area (Å²) in [5, 5.41) is 9.80. The van der Waals surface area contributed by atoms with Crippen LogP contribution in [0.2, 0.25) is 5.02 Å². The number of fused-ring (bicyclic) bond motifs is 1. The second kappa shape index (κ2) is 11.6. The Labute approximate surface area is 255 Å². The van der Waals surface area contributed by atoms with Crippen LogP contribution in [0.1, 0.15) is 47.2 Å².